The number of hydrogen-bond donors (Lipinski definition) is 1. The van der Waals surface area contributed by atoms with E-state index in [9.17, 15) is 4.79 Å². The summed E-state index contributed by atoms with van der Waals surface area (Å²) >= 11 is 2.21. The number of pyridine rings is 1. The molecule has 4 nitrogen and oxygen atoms in total. The summed E-state index contributed by atoms with van der Waals surface area (Å²) in [7, 11) is 0. The van der Waals surface area contributed by atoms with E-state index in [0.717, 1.165) is 28.8 Å². The predicted molar refractivity (Wildman–Crippen MR) is 69.5 cm³/mol. The molecule has 1 saturated heterocycles. The zero-order valence-electron chi connectivity index (χ0n) is 8.77. The summed E-state index contributed by atoms with van der Waals surface area (Å²) < 4.78 is 1.09. The first kappa shape index (κ1) is 11.6. The van der Waals surface area contributed by atoms with E-state index in [2.05, 4.69) is 32.5 Å². The maximum absolute atomic E-state index is 10.9. The number of piperidine rings is 1. The molecule has 1 fully saturated rings. The van der Waals surface area contributed by atoms with Crippen molar-refractivity contribution in [3.63, 3.8) is 0 Å². The van der Waals surface area contributed by atoms with E-state index in [1.54, 1.807) is 6.20 Å². The summed E-state index contributed by atoms with van der Waals surface area (Å²) in [5.41, 5.74) is 0. The number of carboxylic acids is 1. The maximum Gasteiger partial charge on any atom is 0.308 e. The summed E-state index contributed by atoms with van der Waals surface area (Å²) in [6.07, 6.45) is 3.50. The third-order valence-electron chi connectivity index (χ3n) is 2.81. The molecule has 0 aromatic carbocycles. The van der Waals surface area contributed by atoms with Gasteiger partial charge in [-0.1, -0.05) is 0 Å². The summed E-state index contributed by atoms with van der Waals surface area (Å²) in [4.78, 5) is 17.3. The van der Waals surface area contributed by atoms with Gasteiger partial charge in [-0.2, -0.15) is 0 Å². The maximum atomic E-state index is 10.9. The third kappa shape index (κ3) is 2.63. The third-order valence-corrected chi connectivity index (χ3v) is 3.44. The molecule has 16 heavy (non-hydrogen) atoms. The highest BCUT2D eigenvalue weighted by molar-refractivity contribution is 14.1. The van der Waals surface area contributed by atoms with Crippen molar-refractivity contribution in [2.24, 2.45) is 5.92 Å². The van der Waals surface area contributed by atoms with Gasteiger partial charge in [-0.25, -0.2) is 4.98 Å². The Morgan fingerprint density at radius 3 is 3.00 bits per heavy atom. The molecule has 1 unspecified atom stereocenters. The monoisotopic (exact) mass is 332 g/mol. The van der Waals surface area contributed by atoms with Gasteiger partial charge < -0.3 is 10.0 Å². The Bertz CT molecular complexity index is 380. The van der Waals surface area contributed by atoms with Crippen molar-refractivity contribution in [1.29, 1.82) is 0 Å². The van der Waals surface area contributed by atoms with E-state index >= 15 is 0 Å². The molecule has 0 saturated carbocycles. The Kier molecular flexibility index (Phi) is 3.63. The van der Waals surface area contributed by atoms with Crippen LogP contribution in [0.25, 0.3) is 0 Å². The number of carboxylic acid groups (broad SMARTS) is 1. The van der Waals surface area contributed by atoms with E-state index in [1.165, 1.54) is 0 Å². The van der Waals surface area contributed by atoms with E-state index < -0.39 is 5.97 Å². The van der Waals surface area contributed by atoms with Crippen LogP contribution in [0.4, 0.5) is 5.82 Å². The zero-order chi connectivity index (χ0) is 11.5. The van der Waals surface area contributed by atoms with Gasteiger partial charge in [0.05, 0.1) is 5.92 Å². The van der Waals surface area contributed by atoms with Crippen LogP contribution in [0, 0.1) is 9.49 Å². The lowest BCUT2D eigenvalue weighted by Crippen LogP contribution is -2.39. The predicted octanol–water partition coefficient (Wildman–Crippen LogP) is 1.99. The largest absolute Gasteiger partial charge is 0.481 e. The molecule has 5 heteroatoms. The second kappa shape index (κ2) is 4.99. The molecule has 1 aromatic rings. The quantitative estimate of drug-likeness (QED) is 0.842. The van der Waals surface area contributed by atoms with E-state index in [-0.39, 0.29) is 5.92 Å². The van der Waals surface area contributed by atoms with Crippen LogP contribution in [-0.2, 0) is 4.79 Å². The molecule has 0 radical (unpaired) electrons. The van der Waals surface area contributed by atoms with Crippen molar-refractivity contribution in [3.8, 4) is 0 Å². The Balaban J connectivity index is 2.09. The highest BCUT2D eigenvalue weighted by atomic mass is 127. The first-order valence-electron chi connectivity index (χ1n) is 5.26. The zero-order valence-corrected chi connectivity index (χ0v) is 10.9. The topological polar surface area (TPSA) is 53.4 Å². The van der Waals surface area contributed by atoms with Crippen LogP contribution < -0.4 is 4.90 Å². The fraction of sp³-hybridized carbons (Fsp3) is 0.455. The molecule has 0 aliphatic carbocycles. The number of anilines is 1. The van der Waals surface area contributed by atoms with Gasteiger partial charge in [0.25, 0.3) is 0 Å². The molecule has 86 valence electrons. The average Bonchev–Trinajstić information content (AvgIpc) is 2.30. The van der Waals surface area contributed by atoms with Gasteiger partial charge in [0.15, 0.2) is 0 Å². The minimum Gasteiger partial charge on any atom is -0.481 e. The normalized spacial score (nSPS) is 20.8. The number of carbonyl (C=O) groups is 1. The molecule has 1 aliphatic heterocycles. The SMILES string of the molecule is O=C(O)C1CCCN(c2ccc(I)cn2)C1. The molecule has 1 aliphatic rings. The summed E-state index contributed by atoms with van der Waals surface area (Å²) in [6.45, 7) is 1.47. The van der Waals surface area contributed by atoms with Crippen LogP contribution in [0.1, 0.15) is 12.8 Å². The minimum absolute atomic E-state index is 0.255. The van der Waals surface area contributed by atoms with Gasteiger partial charge in [0.1, 0.15) is 5.82 Å². The van der Waals surface area contributed by atoms with Crippen molar-refractivity contribution in [1.82, 2.24) is 4.98 Å². The van der Waals surface area contributed by atoms with Crippen LogP contribution in [0.3, 0.4) is 0 Å². The van der Waals surface area contributed by atoms with E-state index in [0.29, 0.717) is 6.54 Å². The lowest BCUT2D eigenvalue weighted by molar-refractivity contribution is -0.141. The second-order valence-electron chi connectivity index (χ2n) is 3.96. The molecule has 2 heterocycles. The first-order chi connectivity index (χ1) is 7.66. The fourth-order valence-corrected chi connectivity index (χ4v) is 2.26. The van der Waals surface area contributed by atoms with E-state index in [1.807, 2.05) is 12.1 Å². The summed E-state index contributed by atoms with van der Waals surface area (Å²) in [5.74, 6) is -0.0728. The molecule has 2 rings (SSSR count). The highest BCUT2D eigenvalue weighted by Gasteiger charge is 2.25. The molecule has 1 N–H and O–H groups in total. The lowest BCUT2D eigenvalue weighted by atomic mass is 9.98. The van der Waals surface area contributed by atoms with Gasteiger partial charge in [-0.15, -0.1) is 0 Å². The van der Waals surface area contributed by atoms with E-state index in [4.69, 9.17) is 5.11 Å². The minimum atomic E-state index is -0.699. The molecule has 1 aromatic heterocycles. The Morgan fingerprint density at radius 1 is 1.56 bits per heavy atom. The van der Waals surface area contributed by atoms with Crippen LogP contribution >= 0.6 is 22.6 Å². The van der Waals surface area contributed by atoms with Crippen molar-refractivity contribution in [2.75, 3.05) is 18.0 Å². The van der Waals surface area contributed by atoms with Crippen LogP contribution in [-0.4, -0.2) is 29.1 Å². The number of halogens is 1. The molecular formula is C11H13IN2O2. The van der Waals surface area contributed by atoms with Crippen molar-refractivity contribution >= 4 is 34.4 Å². The summed E-state index contributed by atoms with van der Waals surface area (Å²) in [6, 6.07) is 3.94. The van der Waals surface area contributed by atoms with Crippen LogP contribution in [0.5, 0.6) is 0 Å². The summed E-state index contributed by atoms with van der Waals surface area (Å²) in [5, 5.41) is 9.00. The number of aromatic nitrogens is 1. The van der Waals surface area contributed by atoms with Gasteiger partial charge in [-0.05, 0) is 47.6 Å². The van der Waals surface area contributed by atoms with Crippen LogP contribution in [0.15, 0.2) is 18.3 Å². The smallest absolute Gasteiger partial charge is 0.308 e. The van der Waals surface area contributed by atoms with Gasteiger partial charge in [0, 0.05) is 22.9 Å². The molecule has 0 bridgehead atoms. The van der Waals surface area contributed by atoms with Crippen molar-refractivity contribution in [2.45, 2.75) is 12.8 Å². The van der Waals surface area contributed by atoms with Gasteiger partial charge in [-0.3, -0.25) is 4.79 Å². The van der Waals surface area contributed by atoms with Gasteiger partial charge in [0.2, 0.25) is 0 Å². The number of nitrogens with zero attached hydrogens (tertiary/aromatic N) is 2. The lowest BCUT2D eigenvalue weighted by Gasteiger charge is -2.31. The molecular weight excluding hydrogens is 319 g/mol. The standard InChI is InChI=1S/C11H13IN2O2/c12-9-3-4-10(13-6-9)14-5-1-2-8(7-14)11(15)16/h3-4,6,8H,1-2,5,7H2,(H,15,16). The van der Waals surface area contributed by atoms with Crippen molar-refractivity contribution < 1.29 is 9.90 Å². The molecule has 0 spiro atoms. The highest BCUT2D eigenvalue weighted by Crippen LogP contribution is 2.21. The van der Waals surface area contributed by atoms with Crippen molar-refractivity contribution in [3.05, 3.63) is 21.9 Å². The Labute approximate surface area is 108 Å². The number of aliphatic carboxylic acids is 1. The Morgan fingerprint density at radius 2 is 2.38 bits per heavy atom. The molecule has 0 amide bonds. The van der Waals surface area contributed by atoms with Crippen LogP contribution in [0.2, 0.25) is 0 Å². The first-order valence-corrected chi connectivity index (χ1v) is 6.34. The fourth-order valence-electron chi connectivity index (χ4n) is 1.94. The van der Waals surface area contributed by atoms with Gasteiger partial charge >= 0.3 is 5.97 Å². The average molecular weight is 332 g/mol. The molecule has 1 atom stereocenters. The Hall–Kier alpha value is -0.850. The number of rotatable bonds is 2. The number of hydrogen-bond acceptors (Lipinski definition) is 3. The second-order valence-corrected chi connectivity index (χ2v) is 5.20.